The van der Waals surface area contributed by atoms with Gasteiger partial charge in [0.1, 0.15) is 0 Å². The molecule has 1 saturated heterocycles. The first-order chi connectivity index (χ1) is 9.99. The van der Waals surface area contributed by atoms with E-state index in [-0.39, 0.29) is 12.1 Å². The van der Waals surface area contributed by atoms with Crippen LogP contribution in [0.25, 0.3) is 0 Å². The molecule has 118 valence electrons. The fourth-order valence-corrected chi connectivity index (χ4v) is 3.38. The van der Waals surface area contributed by atoms with Crippen LogP contribution < -0.4 is 5.32 Å². The zero-order valence-electron chi connectivity index (χ0n) is 13.0. The second-order valence-corrected chi connectivity index (χ2v) is 6.32. The average Bonchev–Trinajstić information content (AvgIpc) is 2.96. The fourth-order valence-electron chi connectivity index (χ4n) is 3.38. The van der Waals surface area contributed by atoms with Crippen molar-refractivity contribution in [1.29, 1.82) is 0 Å². The fraction of sp³-hybridized carbons (Fsp3) is 0.750. The van der Waals surface area contributed by atoms with Crippen molar-refractivity contribution in [2.24, 2.45) is 11.3 Å². The van der Waals surface area contributed by atoms with Crippen molar-refractivity contribution < 1.29 is 14.7 Å². The maximum Gasteiger partial charge on any atom is 0.317 e. The number of amides is 2. The molecule has 0 radical (unpaired) electrons. The van der Waals surface area contributed by atoms with Gasteiger partial charge in [-0.25, -0.2) is 4.79 Å². The van der Waals surface area contributed by atoms with E-state index >= 15 is 0 Å². The maximum atomic E-state index is 12.3. The summed E-state index contributed by atoms with van der Waals surface area (Å²) >= 11 is 0. The topological polar surface area (TPSA) is 69.6 Å². The van der Waals surface area contributed by atoms with Crippen LogP contribution in [-0.2, 0) is 4.79 Å². The number of nitrogens with one attached hydrogen (secondary N) is 1. The SMILES string of the molecule is CCC1(CC)CCN(C(=O)NC2C=CC(C(=O)O)C2)CC1. The molecule has 0 aromatic heterocycles. The Morgan fingerprint density at radius 3 is 2.33 bits per heavy atom. The Labute approximate surface area is 126 Å². The molecule has 2 rings (SSSR count). The predicted molar refractivity (Wildman–Crippen MR) is 81.0 cm³/mol. The Balaban J connectivity index is 1.81. The first-order valence-electron chi connectivity index (χ1n) is 7.96. The number of rotatable bonds is 4. The molecule has 0 aromatic rings. The van der Waals surface area contributed by atoms with Crippen molar-refractivity contribution >= 4 is 12.0 Å². The van der Waals surface area contributed by atoms with Gasteiger partial charge in [0, 0.05) is 13.1 Å². The predicted octanol–water partition coefficient (Wildman–Crippen LogP) is 2.63. The second-order valence-electron chi connectivity index (χ2n) is 6.32. The normalized spacial score (nSPS) is 27.6. The maximum absolute atomic E-state index is 12.3. The molecule has 1 fully saturated rings. The molecule has 2 aliphatic rings. The minimum atomic E-state index is -0.823. The molecule has 2 N–H and O–H groups in total. The van der Waals surface area contributed by atoms with E-state index in [9.17, 15) is 9.59 Å². The first-order valence-corrected chi connectivity index (χ1v) is 7.96. The number of carbonyl (C=O) groups is 2. The van der Waals surface area contributed by atoms with Crippen molar-refractivity contribution in [2.75, 3.05) is 13.1 Å². The summed E-state index contributed by atoms with van der Waals surface area (Å²) in [5.41, 5.74) is 0.401. The van der Waals surface area contributed by atoms with Crippen LogP contribution in [-0.4, -0.2) is 41.1 Å². The van der Waals surface area contributed by atoms with Crippen LogP contribution in [0.2, 0.25) is 0 Å². The molecule has 0 aromatic carbocycles. The average molecular weight is 294 g/mol. The number of carboxylic acids is 1. The Morgan fingerprint density at radius 2 is 1.86 bits per heavy atom. The van der Waals surface area contributed by atoms with Crippen molar-refractivity contribution in [3.8, 4) is 0 Å². The second kappa shape index (κ2) is 6.50. The highest BCUT2D eigenvalue weighted by Gasteiger charge is 2.34. The van der Waals surface area contributed by atoms with Crippen molar-refractivity contribution in [3.05, 3.63) is 12.2 Å². The van der Waals surface area contributed by atoms with E-state index in [1.54, 1.807) is 12.2 Å². The standard InChI is InChI=1S/C16H26N2O3/c1-3-16(4-2)7-9-18(10-8-16)15(21)17-13-6-5-12(11-13)14(19)20/h5-6,12-13H,3-4,7-11H2,1-2H3,(H,17,21)(H,19,20). The van der Waals surface area contributed by atoms with Crippen LogP contribution in [0.15, 0.2) is 12.2 Å². The van der Waals surface area contributed by atoms with Gasteiger partial charge in [0.25, 0.3) is 0 Å². The smallest absolute Gasteiger partial charge is 0.317 e. The van der Waals surface area contributed by atoms with Gasteiger partial charge >= 0.3 is 12.0 Å². The van der Waals surface area contributed by atoms with E-state index in [0.717, 1.165) is 25.9 Å². The lowest BCUT2D eigenvalue weighted by Crippen LogP contribution is -2.49. The van der Waals surface area contributed by atoms with Crippen molar-refractivity contribution in [1.82, 2.24) is 10.2 Å². The van der Waals surface area contributed by atoms with Gasteiger partial charge in [-0.3, -0.25) is 4.79 Å². The van der Waals surface area contributed by atoms with E-state index in [0.29, 0.717) is 11.8 Å². The number of aliphatic carboxylic acids is 1. The highest BCUT2D eigenvalue weighted by molar-refractivity contribution is 5.76. The molecule has 0 bridgehead atoms. The van der Waals surface area contributed by atoms with Crippen LogP contribution in [0.4, 0.5) is 4.79 Å². The van der Waals surface area contributed by atoms with E-state index in [4.69, 9.17) is 5.11 Å². The molecule has 5 heteroatoms. The minimum Gasteiger partial charge on any atom is -0.481 e. The minimum absolute atomic E-state index is 0.0588. The lowest BCUT2D eigenvalue weighted by molar-refractivity contribution is -0.140. The highest BCUT2D eigenvalue weighted by atomic mass is 16.4. The summed E-state index contributed by atoms with van der Waals surface area (Å²) < 4.78 is 0. The molecule has 1 aliphatic heterocycles. The molecular formula is C16H26N2O3. The third kappa shape index (κ3) is 3.57. The summed E-state index contributed by atoms with van der Waals surface area (Å²) in [5.74, 6) is -1.29. The third-order valence-corrected chi connectivity index (χ3v) is 5.32. The molecule has 21 heavy (non-hydrogen) atoms. The van der Waals surface area contributed by atoms with Gasteiger partial charge in [-0.1, -0.05) is 38.8 Å². The lowest BCUT2D eigenvalue weighted by atomic mass is 9.74. The van der Waals surface area contributed by atoms with Crippen molar-refractivity contribution in [3.63, 3.8) is 0 Å². The molecular weight excluding hydrogens is 268 g/mol. The highest BCUT2D eigenvalue weighted by Crippen LogP contribution is 2.37. The van der Waals surface area contributed by atoms with Gasteiger partial charge in [0.15, 0.2) is 0 Å². The van der Waals surface area contributed by atoms with Crippen LogP contribution in [0.3, 0.4) is 0 Å². The molecule has 2 unspecified atom stereocenters. The summed E-state index contributed by atoms with van der Waals surface area (Å²) in [7, 11) is 0. The number of carboxylic acid groups (broad SMARTS) is 1. The first kappa shape index (κ1) is 15.9. The molecule has 5 nitrogen and oxygen atoms in total. The molecule has 0 saturated carbocycles. The third-order valence-electron chi connectivity index (χ3n) is 5.32. The van der Waals surface area contributed by atoms with E-state index in [1.807, 2.05) is 4.90 Å². The molecule has 2 amide bonds. The summed E-state index contributed by atoms with van der Waals surface area (Å²) in [4.78, 5) is 25.0. The number of nitrogens with zero attached hydrogens (tertiary/aromatic N) is 1. The number of likely N-dealkylation sites (tertiary alicyclic amines) is 1. The summed E-state index contributed by atoms with van der Waals surface area (Å²) in [6, 6.07) is -0.209. The number of piperidine rings is 1. The van der Waals surface area contributed by atoms with Gasteiger partial charge in [-0.15, -0.1) is 0 Å². The van der Waals surface area contributed by atoms with Crippen LogP contribution in [0.5, 0.6) is 0 Å². The van der Waals surface area contributed by atoms with Gasteiger partial charge in [0.05, 0.1) is 12.0 Å². The van der Waals surface area contributed by atoms with Crippen LogP contribution in [0.1, 0.15) is 46.0 Å². The summed E-state index contributed by atoms with van der Waals surface area (Å²) in [6.07, 6.45) is 8.39. The monoisotopic (exact) mass is 294 g/mol. The lowest BCUT2D eigenvalue weighted by Gasteiger charge is -2.41. The van der Waals surface area contributed by atoms with E-state index in [2.05, 4.69) is 19.2 Å². The number of carbonyl (C=O) groups excluding carboxylic acids is 1. The molecule has 0 spiro atoms. The molecule has 1 heterocycles. The Hall–Kier alpha value is -1.52. The van der Waals surface area contributed by atoms with E-state index in [1.165, 1.54) is 12.8 Å². The Kier molecular flexibility index (Phi) is 4.91. The molecule has 1 aliphatic carbocycles. The van der Waals surface area contributed by atoms with Crippen molar-refractivity contribution in [2.45, 2.75) is 52.0 Å². The molecule has 2 atom stereocenters. The zero-order chi connectivity index (χ0) is 15.5. The number of urea groups is 1. The Bertz CT molecular complexity index is 419. The largest absolute Gasteiger partial charge is 0.481 e. The quantitative estimate of drug-likeness (QED) is 0.783. The van der Waals surface area contributed by atoms with Gasteiger partial charge in [-0.05, 0) is 24.7 Å². The Morgan fingerprint density at radius 1 is 1.24 bits per heavy atom. The van der Waals surface area contributed by atoms with Gasteiger partial charge < -0.3 is 15.3 Å². The van der Waals surface area contributed by atoms with Crippen LogP contribution in [0, 0.1) is 11.3 Å². The summed E-state index contributed by atoms with van der Waals surface area (Å²) in [5, 5.41) is 11.9. The van der Waals surface area contributed by atoms with Gasteiger partial charge in [0.2, 0.25) is 0 Å². The summed E-state index contributed by atoms with van der Waals surface area (Å²) in [6.45, 7) is 6.06. The van der Waals surface area contributed by atoms with Crippen LogP contribution >= 0.6 is 0 Å². The number of hydrogen-bond donors (Lipinski definition) is 2. The number of hydrogen-bond acceptors (Lipinski definition) is 2. The van der Waals surface area contributed by atoms with E-state index < -0.39 is 11.9 Å². The van der Waals surface area contributed by atoms with Gasteiger partial charge in [-0.2, -0.15) is 0 Å². The zero-order valence-corrected chi connectivity index (χ0v) is 13.0.